The molecule has 0 unspecified atom stereocenters. The number of nitrogens with one attached hydrogen (secondary N) is 10. The van der Waals surface area contributed by atoms with Crippen molar-refractivity contribution in [2.75, 3.05) is 43.7 Å². The van der Waals surface area contributed by atoms with E-state index in [1.165, 1.54) is 30.4 Å². The third kappa shape index (κ3) is 33.2. The molecule has 0 saturated heterocycles. The first kappa shape index (κ1) is 79.2. The monoisotopic (exact) mass is 1260 g/mol. The number of carboxylic acids is 1. The van der Waals surface area contributed by atoms with Crippen LogP contribution in [0.2, 0.25) is 0 Å². The molecule has 0 aromatic carbocycles. The predicted molar refractivity (Wildman–Crippen MR) is 323 cm³/mol. The fraction of sp³-hybridized carbons (Fsp3) is 0.736. The number of carbonyl (C=O) groups excluding carboxylic acids is 13. The lowest BCUT2D eigenvalue weighted by atomic mass is 9.98. The number of hydrogen-bond donors (Lipinski definition) is 17. The zero-order chi connectivity index (χ0) is 65.6. The molecule has 0 rings (SSSR count). The molecule has 33 heteroatoms. The van der Waals surface area contributed by atoms with Gasteiger partial charge in [-0.3, -0.25) is 62.3 Å². The molecule has 0 aromatic rings. The molecule has 0 spiro atoms. The van der Waals surface area contributed by atoms with Gasteiger partial charge in [-0.1, -0.05) is 34.1 Å². The second-order valence-corrected chi connectivity index (χ2v) is 23.2. The molecule has 0 radical (unpaired) electrons. The molecular weight excluding hydrogens is 1160 g/mol. The van der Waals surface area contributed by atoms with Crippen LogP contribution in [0.5, 0.6) is 0 Å². The van der Waals surface area contributed by atoms with Crippen molar-refractivity contribution in [3.63, 3.8) is 0 Å². The van der Waals surface area contributed by atoms with Crippen LogP contribution in [0.15, 0.2) is 0 Å². The maximum absolute atomic E-state index is 14.2. The van der Waals surface area contributed by atoms with Gasteiger partial charge < -0.3 is 92.7 Å². The lowest BCUT2D eigenvalue weighted by molar-refractivity contribution is -0.142. The van der Waals surface area contributed by atoms with E-state index in [1.54, 1.807) is 33.3 Å². The van der Waals surface area contributed by atoms with Crippen molar-refractivity contribution >= 4 is 106 Å². The average molecular weight is 1260 g/mol. The standard InChI is InChI=1S/C53H96N16O15S2/c1-8-29(4)43(59)52(82)66-34(16-18-40(57)71)48(78)64-32(14-10-12-22-55)46(76)69-38(26-41(58)72)51(81)68-37(25-28(2)3)50(80)65-33(15-17-39(56)70)47(77)63-31(13-9-11-21-54)45(75)61-30(5)44(74)60-27-42(73)62-35(19-23-85-6)49(79)67-36(53(83)84)20-24-86-7/h28-38,43H,8-27,54-55,59H2,1-7H3,(H2,56,70)(H2,57,71)(H2,58,72)(H,60,74)(H,61,75)(H,62,73)(H,63,77)(H,64,78)(H,65,80)(H,66,82)(H,67,79)(H,68,81)(H,69,76)(H,83,84)/t29-,30-,31-,32-,33-,34-,35-,36-,37-,38-,43-/m0/s1. The van der Waals surface area contributed by atoms with Crippen molar-refractivity contribution in [1.82, 2.24) is 53.2 Å². The van der Waals surface area contributed by atoms with E-state index in [0.29, 0.717) is 30.8 Å². The van der Waals surface area contributed by atoms with E-state index in [2.05, 4.69) is 53.2 Å². The minimum absolute atomic E-state index is 0.0440. The van der Waals surface area contributed by atoms with E-state index in [4.69, 9.17) is 34.4 Å². The van der Waals surface area contributed by atoms with E-state index in [1.807, 2.05) is 6.92 Å². The molecule has 0 saturated carbocycles. The third-order valence-electron chi connectivity index (χ3n) is 13.4. The number of aliphatic carboxylic acids is 1. The van der Waals surface area contributed by atoms with Crippen molar-refractivity contribution in [3.8, 4) is 0 Å². The molecule has 0 aliphatic carbocycles. The number of primary amides is 3. The van der Waals surface area contributed by atoms with Gasteiger partial charge in [-0.15, -0.1) is 0 Å². The van der Waals surface area contributed by atoms with Crippen molar-refractivity contribution in [3.05, 3.63) is 0 Å². The molecular formula is C53H96N16O15S2. The van der Waals surface area contributed by atoms with Crippen LogP contribution in [-0.4, -0.2) is 192 Å². The van der Waals surface area contributed by atoms with Gasteiger partial charge in [0.25, 0.3) is 0 Å². The molecule has 11 atom stereocenters. The Bertz CT molecular complexity index is 2270. The summed E-state index contributed by atoms with van der Waals surface area (Å²) in [6, 6.07) is -13.8. The van der Waals surface area contributed by atoms with Crippen LogP contribution in [0.25, 0.3) is 0 Å². The number of rotatable bonds is 47. The highest BCUT2D eigenvalue weighted by atomic mass is 32.2. The molecule has 23 N–H and O–H groups in total. The molecule has 13 amide bonds. The summed E-state index contributed by atoms with van der Waals surface area (Å²) < 4.78 is 0. The van der Waals surface area contributed by atoms with E-state index in [9.17, 15) is 72.2 Å². The molecule has 0 bridgehead atoms. The Morgan fingerprint density at radius 1 is 0.442 bits per heavy atom. The Kier molecular flexibility index (Phi) is 40.2. The van der Waals surface area contributed by atoms with E-state index >= 15 is 0 Å². The van der Waals surface area contributed by atoms with E-state index in [-0.39, 0.29) is 82.7 Å². The first-order valence-electron chi connectivity index (χ1n) is 28.7. The minimum atomic E-state index is -1.77. The maximum atomic E-state index is 14.2. The Hall–Kier alpha value is -6.84. The quantitative estimate of drug-likeness (QED) is 0.0254. The lowest BCUT2D eigenvalue weighted by Crippen LogP contribution is -2.60. The van der Waals surface area contributed by atoms with Gasteiger partial charge in [-0.25, -0.2) is 4.79 Å². The van der Waals surface area contributed by atoms with Gasteiger partial charge in [-0.2, -0.15) is 23.5 Å². The normalized spacial score (nSPS) is 14.9. The number of thioether (sulfide) groups is 2. The smallest absolute Gasteiger partial charge is 0.326 e. The van der Waals surface area contributed by atoms with Crippen LogP contribution >= 0.6 is 23.5 Å². The van der Waals surface area contributed by atoms with E-state index < -0.39 is 169 Å². The summed E-state index contributed by atoms with van der Waals surface area (Å²) in [7, 11) is 0. The van der Waals surface area contributed by atoms with Crippen LogP contribution < -0.4 is 87.6 Å². The molecule has 0 aliphatic rings. The number of nitrogens with two attached hydrogens (primary N) is 6. The van der Waals surface area contributed by atoms with Crippen molar-refractivity contribution in [1.29, 1.82) is 0 Å². The molecule has 0 heterocycles. The summed E-state index contributed by atoms with van der Waals surface area (Å²) >= 11 is 2.77. The van der Waals surface area contributed by atoms with Gasteiger partial charge in [0, 0.05) is 12.8 Å². The molecule has 0 aromatic heterocycles. The van der Waals surface area contributed by atoms with Gasteiger partial charge in [0.15, 0.2) is 0 Å². The number of unbranched alkanes of at least 4 members (excludes halogenated alkanes) is 2. The Balaban J connectivity index is 6.62. The van der Waals surface area contributed by atoms with Gasteiger partial charge in [0.1, 0.15) is 54.4 Å². The van der Waals surface area contributed by atoms with E-state index in [0.717, 1.165) is 0 Å². The fourth-order valence-electron chi connectivity index (χ4n) is 8.10. The first-order valence-corrected chi connectivity index (χ1v) is 31.5. The van der Waals surface area contributed by atoms with Gasteiger partial charge in [-0.05, 0) is 126 Å². The zero-order valence-electron chi connectivity index (χ0n) is 50.5. The van der Waals surface area contributed by atoms with Crippen LogP contribution in [0, 0.1) is 11.8 Å². The number of carbonyl (C=O) groups is 14. The Morgan fingerprint density at radius 3 is 1.22 bits per heavy atom. The summed E-state index contributed by atoms with van der Waals surface area (Å²) in [5.74, 6) is -12.7. The largest absolute Gasteiger partial charge is 0.480 e. The zero-order valence-corrected chi connectivity index (χ0v) is 52.1. The summed E-state index contributed by atoms with van der Waals surface area (Å²) in [5.41, 5.74) is 33.8. The van der Waals surface area contributed by atoms with Gasteiger partial charge in [0.05, 0.1) is 19.0 Å². The predicted octanol–water partition coefficient (Wildman–Crippen LogP) is -4.84. The Labute approximate surface area is 511 Å². The number of hydrogen-bond acceptors (Lipinski definition) is 19. The van der Waals surface area contributed by atoms with Gasteiger partial charge in [0.2, 0.25) is 76.8 Å². The van der Waals surface area contributed by atoms with Crippen LogP contribution in [0.3, 0.4) is 0 Å². The SMILES string of the molecule is CC[C@H](C)[C@H](N)C(=O)N[C@@H](CCC(N)=O)C(=O)N[C@@H](CCCCN)C(=O)N[C@@H](CC(N)=O)C(=O)N[C@@H](CC(C)C)C(=O)N[C@@H](CCC(N)=O)C(=O)N[C@@H](CCCCN)C(=O)N[C@@H](C)C(=O)NCC(=O)N[C@@H](CCSC)C(=O)N[C@@H](CCSC)C(=O)O. The number of carboxylic acid groups (broad SMARTS) is 1. The number of amides is 13. The van der Waals surface area contributed by atoms with Crippen LogP contribution in [-0.2, 0) is 67.1 Å². The highest BCUT2D eigenvalue weighted by Crippen LogP contribution is 2.13. The molecule has 0 fully saturated rings. The molecule has 86 heavy (non-hydrogen) atoms. The first-order chi connectivity index (χ1) is 40.5. The van der Waals surface area contributed by atoms with Crippen molar-refractivity contribution < 1.29 is 72.2 Å². The summed E-state index contributed by atoms with van der Waals surface area (Å²) in [6.45, 7) is 7.96. The highest BCUT2D eigenvalue weighted by molar-refractivity contribution is 7.98. The summed E-state index contributed by atoms with van der Waals surface area (Å²) in [6.07, 6.45) is 3.16. The van der Waals surface area contributed by atoms with Crippen LogP contribution in [0.1, 0.15) is 131 Å². The van der Waals surface area contributed by atoms with Gasteiger partial charge >= 0.3 is 5.97 Å². The molecule has 490 valence electrons. The second-order valence-electron chi connectivity index (χ2n) is 21.2. The minimum Gasteiger partial charge on any atom is -0.480 e. The van der Waals surface area contributed by atoms with Crippen LogP contribution in [0.4, 0.5) is 0 Å². The topological polar surface area (TPSA) is 536 Å². The molecule has 31 nitrogen and oxygen atoms in total. The third-order valence-corrected chi connectivity index (χ3v) is 14.7. The lowest BCUT2D eigenvalue weighted by Gasteiger charge is -2.28. The highest BCUT2D eigenvalue weighted by Gasteiger charge is 2.36. The maximum Gasteiger partial charge on any atom is 0.326 e. The second kappa shape index (κ2) is 43.7. The Morgan fingerprint density at radius 2 is 0.814 bits per heavy atom. The summed E-state index contributed by atoms with van der Waals surface area (Å²) in [4.78, 5) is 184. The average Bonchev–Trinajstić information content (AvgIpc) is 2.95. The van der Waals surface area contributed by atoms with Crippen molar-refractivity contribution in [2.45, 2.75) is 191 Å². The molecule has 0 aliphatic heterocycles. The fourth-order valence-corrected chi connectivity index (χ4v) is 9.05. The van der Waals surface area contributed by atoms with Crippen molar-refractivity contribution in [2.24, 2.45) is 46.2 Å². The summed E-state index contributed by atoms with van der Waals surface area (Å²) in [5, 5.41) is 34.4.